The fourth-order valence-corrected chi connectivity index (χ4v) is 3.41. The first-order chi connectivity index (χ1) is 13.1. The van der Waals surface area contributed by atoms with Crippen LogP contribution in [-0.4, -0.2) is 46.4 Å². The van der Waals surface area contributed by atoms with E-state index in [4.69, 9.17) is 14.2 Å². The molecule has 0 bridgehead atoms. The van der Waals surface area contributed by atoms with Gasteiger partial charge in [-0.3, -0.25) is 4.79 Å². The maximum Gasteiger partial charge on any atom is 0.228 e. The summed E-state index contributed by atoms with van der Waals surface area (Å²) in [5.41, 5.74) is 2.58. The molecule has 0 radical (unpaired) electrons. The number of carbonyl (C=O) groups is 1. The van der Waals surface area contributed by atoms with E-state index < -0.39 is 0 Å². The molecule has 1 amide bonds. The van der Waals surface area contributed by atoms with Crippen molar-refractivity contribution in [3.05, 3.63) is 46.4 Å². The zero-order chi connectivity index (χ0) is 19.2. The van der Waals surface area contributed by atoms with Gasteiger partial charge in [0.1, 0.15) is 11.5 Å². The van der Waals surface area contributed by atoms with Crippen LogP contribution in [0.3, 0.4) is 0 Å². The predicted octanol–water partition coefficient (Wildman–Crippen LogP) is 3.48. The number of anilines is 2. The number of amides is 1. The quantitative estimate of drug-likeness (QED) is 0.753. The summed E-state index contributed by atoms with van der Waals surface area (Å²) in [6.07, 6.45) is 0.211. The molecular formula is C20H23BrN2O4. The van der Waals surface area contributed by atoms with E-state index in [0.717, 1.165) is 34.5 Å². The van der Waals surface area contributed by atoms with E-state index in [2.05, 4.69) is 26.1 Å². The van der Waals surface area contributed by atoms with Crippen molar-refractivity contribution in [1.29, 1.82) is 0 Å². The zero-order valence-electron chi connectivity index (χ0n) is 15.5. The van der Waals surface area contributed by atoms with Gasteiger partial charge in [-0.05, 0) is 24.3 Å². The summed E-state index contributed by atoms with van der Waals surface area (Å²) in [5.74, 6) is 1.22. The SMILES string of the molecule is COc1ccc(CC(=O)Nc2cc(Br)ccc2N2CCOCC2)c(OC)c1. The fourth-order valence-electron chi connectivity index (χ4n) is 3.05. The van der Waals surface area contributed by atoms with Gasteiger partial charge in [0.05, 0.1) is 45.2 Å². The lowest BCUT2D eigenvalue weighted by molar-refractivity contribution is -0.115. The van der Waals surface area contributed by atoms with Crippen LogP contribution in [-0.2, 0) is 16.0 Å². The highest BCUT2D eigenvalue weighted by Crippen LogP contribution is 2.31. The average Bonchev–Trinajstić information content (AvgIpc) is 2.69. The Morgan fingerprint density at radius 2 is 1.93 bits per heavy atom. The molecule has 0 spiro atoms. The number of methoxy groups -OCH3 is 2. The summed E-state index contributed by atoms with van der Waals surface area (Å²) in [7, 11) is 3.18. The molecule has 2 aromatic rings. The van der Waals surface area contributed by atoms with E-state index in [9.17, 15) is 4.79 Å². The highest BCUT2D eigenvalue weighted by molar-refractivity contribution is 9.10. The van der Waals surface area contributed by atoms with Gasteiger partial charge in [-0.25, -0.2) is 0 Å². The topological polar surface area (TPSA) is 60.0 Å². The number of nitrogens with one attached hydrogen (secondary N) is 1. The van der Waals surface area contributed by atoms with Crippen molar-refractivity contribution >= 4 is 33.2 Å². The van der Waals surface area contributed by atoms with Crippen LogP contribution in [0.15, 0.2) is 40.9 Å². The molecule has 27 heavy (non-hydrogen) atoms. The molecule has 7 heteroatoms. The van der Waals surface area contributed by atoms with Crippen LogP contribution < -0.4 is 19.7 Å². The number of halogens is 1. The molecule has 0 atom stereocenters. The summed E-state index contributed by atoms with van der Waals surface area (Å²) in [5, 5.41) is 3.04. The van der Waals surface area contributed by atoms with Gasteiger partial charge in [-0.1, -0.05) is 22.0 Å². The second-order valence-electron chi connectivity index (χ2n) is 6.16. The van der Waals surface area contributed by atoms with Crippen LogP contribution in [0.5, 0.6) is 11.5 Å². The van der Waals surface area contributed by atoms with Gasteiger partial charge in [0.15, 0.2) is 0 Å². The second-order valence-corrected chi connectivity index (χ2v) is 7.08. The van der Waals surface area contributed by atoms with Gasteiger partial charge in [-0.15, -0.1) is 0 Å². The number of morpholine rings is 1. The molecule has 0 unspecified atom stereocenters. The minimum atomic E-state index is -0.105. The smallest absolute Gasteiger partial charge is 0.228 e. The van der Waals surface area contributed by atoms with Crippen molar-refractivity contribution in [2.24, 2.45) is 0 Å². The number of ether oxygens (including phenoxy) is 3. The number of rotatable bonds is 6. The Kier molecular flexibility index (Phi) is 6.58. The Morgan fingerprint density at radius 1 is 1.15 bits per heavy atom. The molecule has 0 aromatic heterocycles. The van der Waals surface area contributed by atoms with Crippen LogP contribution in [0.4, 0.5) is 11.4 Å². The number of hydrogen-bond acceptors (Lipinski definition) is 5. The monoisotopic (exact) mass is 434 g/mol. The van der Waals surface area contributed by atoms with Gasteiger partial charge in [0.25, 0.3) is 0 Å². The number of hydrogen-bond donors (Lipinski definition) is 1. The summed E-state index contributed by atoms with van der Waals surface area (Å²) in [6, 6.07) is 11.4. The molecule has 1 saturated heterocycles. The Hall–Kier alpha value is -2.25. The second kappa shape index (κ2) is 9.10. The fraction of sp³-hybridized carbons (Fsp3) is 0.350. The minimum Gasteiger partial charge on any atom is -0.497 e. The van der Waals surface area contributed by atoms with Gasteiger partial charge < -0.3 is 24.4 Å². The lowest BCUT2D eigenvalue weighted by Crippen LogP contribution is -2.36. The minimum absolute atomic E-state index is 0.105. The molecule has 1 heterocycles. The summed E-state index contributed by atoms with van der Waals surface area (Å²) < 4.78 is 16.9. The van der Waals surface area contributed by atoms with E-state index in [1.165, 1.54) is 0 Å². The summed E-state index contributed by atoms with van der Waals surface area (Å²) in [4.78, 5) is 14.9. The van der Waals surface area contributed by atoms with Crippen molar-refractivity contribution in [1.82, 2.24) is 0 Å². The Labute approximate surface area is 167 Å². The molecule has 2 aromatic carbocycles. The van der Waals surface area contributed by atoms with Crippen molar-refractivity contribution in [2.75, 3.05) is 50.7 Å². The molecule has 3 rings (SSSR count). The van der Waals surface area contributed by atoms with E-state index in [0.29, 0.717) is 24.7 Å². The first-order valence-electron chi connectivity index (χ1n) is 8.73. The van der Waals surface area contributed by atoms with E-state index in [1.807, 2.05) is 30.3 Å². The largest absolute Gasteiger partial charge is 0.497 e. The first-order valence-corrected chi connectivity index (χ1v) is 9.53. The summed E-state index contributed by atoms with van der Waals surface area (Å²) in [6.45, 7) is 2.98. The number of benzene rings is 2. The molecule has 0 aliphatic carbocycles. The lowest BCUT2D eigenvalue weighted by atomic mass is 10.1. The average molecular weight is 435 g/mol. The van der Waals surface area contributed by atoms with Crippen molar-refractivity contribution in [3.63, 3.8) is 0 Å². The molecule has 6 nitrogen and oxygen atoms in total. The molecule has 144 valence electrons. The van der Waals surface area contributed by atoms with Gasteiger partial charge in [0, 0.05) is 29.2 Å². The molecule has 1 N–H and O–H groups in total. The van der Waals surface area contributed by atoms with Gasteiger partial charge >= 0.3 is 0 Å². The normalized spacial score (nSPS) is 14.0. The maximum absolute atomic E-state index is 12.7. The predicted molar refractivity (Wildman–Crippen MR) is 109 cm³/mol. The lowest BCUT2D eigenvalue weighted by Gasteiger charge is -2.30. The Bertz CT molecular complexity index is 807. The molecule has 1 aliphatic rings. The maximum atomic E-state index is 12.7. The number of carbonyl (C=O) groups excluding carboxylic acids is 1. The van der Waals surface area contributed by atoms with Crippen molar-refractivity contribution in [2.45, 2.75) is 6.42 Å². The van der Waals surface area contributed by atoms with Gasteiger partial charge in [0.2, 0.25) is 5.91 Å². The Morgan fingerprint density at radius 3 is 2.63 bits per heavy atom. The van der Waals surface area contributed by atoms with Crippen molar-refractivity contribution < 1.29 is 19.0 Å². The number of nitrogens with zero attached hydrogens (tertiary/aromatic N) is 1. The third-order valence-electron chi connectivity index (χ3n) is 4.43. The van der Waals surface area contributed by atoms with Crippen molar-refractivity contribution in [3.8, 4) is 11.5 Å². The molecule has 0 saturated carbocycles. The Balaban J connectivity index is 1.77. The van der Waals surface area contributed by atoms with Crippen LogP contribution in [0.1, 0.15) is 5.56 Å². The molecular weight excluding hydrogens is 412 g/mol. The molecule has 1 aliphatic heterocycles. The summed E-state index contributed by atoms with van der Waals surface area (Å²) >= 11 is 3.49. The third kappa shape index (κ3) is 4.93. The third-order valence-corrected chi connectivity index (χ3v) is 4.92. The van der Waals surface area contributed by atoms with Gasteiger partial charge in [-0.2, -0.15) is 0 Å². The van der Waals surface area contributed by atoms with Crippen LogP contribution in [0.2, 0.25) is 0 Å². The van der Waals surface area contributed by atoms with Crippen LogP contribution in [0, 0.1) is 0 Å². The van der Waals surface area contributed by atoms with E-state index >= 15 is 0 Å². The highest BCUT2D eigenvalue weighted by Gasteiger charge is 2.17. The molecule has 1 fully saturated rings. The zero-order valence-corrected chi connectivity index (χ0v) is 17.0. The van der Waals surface area contributed by atoms with Crippen LogP contribution >= 0.6 is 15.9 Å². The standard InChI is InChI=1S/C20H23BrN2O4/c1-25-16-5-3-14(19(13-16)26-2)11-20(24)22-17-12-15(21)4-6-18(17)23-7-9-27-10-8-23/h3-6,12-13H,7-11H2,1-2H3,(H,22,24). The van der Waals surface area contributed by atoms with Crippen LogP contribution in [0.25, 0.3) is 0 Å². The van der Waals surface area contributed by atoms with E-state index in [-0.39, 0.29) is 12.3 Å². The van der Waals surface area contributed by atoms with E-state index in [1.54, 1.807) is 20.3 Å². The first kappa shape index (κ1) is 19.5. The highest BCUT2D eigenvalue weighted by atomic mass is 79.9.